The highest BCUT2D eigenvalue weighted by atomic mass is 16.6. The average molecular weight is 298 g/mol. The number of aryl methyl sites for hydroxylation is 1. The lowest BCUT2D eigenvalue weighted by atomic mass is 9.88. The Labute approximate surface area is 125 Å². The summed E-state index contributed by atoms with van der Waals surface area (Å²) < 4.78 is 1.66. The van der Waals surface area contributed by atoms with Gasteiger partial charge in [0.15, 0.2) is 0 Å². The fraction of sp³-hybridized carbons (Fsp3) is 0.786. The van der Waals surface area contributed by atoms with Gasteiger partial charge in [-0.05, 0) is 39.0 Å². The van der Waals surface area contributed by atoms with Crippen molar-refractivity contribution in [1.29, 1.82) is 0 Å². The van der Waals surface area contributed by atoms with Crippen molar-refractivity contribution < 1.29 is 10.0 Å². The molecule has 0 fully saturated rings. The maximum Gasteiger partial charge on any atom is 0.333 e. The van der Waals surface area contributed by atoms with Crippen molar-refractivity contribution in [2.45, 2.75) is 53.5 Å². The fourth-order valence-electron chi connectivity index (χ4n) is 2.26. The Kier molecular flexibility index (Phi) is 5.71. The molecule has 2 N–H and O–H groups in total. The zero-order chi connectivity index (χ0) is 16.2. The number of nitro groups is 1. The van der Waals surface area contributed by atoms with E-state index < -0.39 is 0 Å². The second-order valence-electron chi connectivity index (χ2n) is 6.42. The zero-order valence-corrected chi connectivity index (χ0v) is 13.5. The summed E-state index contributed by atoms with van der Waals surface area (Å²) >= 11 is 0. The summed E-state index contributed by atoms with van der Waals surface area (Å²) in [6.45, 7) is 10.4. The Morgan fingerprint density at radius 2 is 2.10 bits per heavy atom. The summed E-state index contributed by atoms with van der Waals surface area (Å²) in [6, 6.07) is 0.0421. The molecule has 21 heavy (non-hydrogen) atoms. The number of aromatic nitrogens is 2. The van der Waals surface area contributed by atoms with Gasteiger partial charge in [-0.1, -0.05) is 13.8 Å². The zero-order valence-electron chi connectivity index (χ0n) is 13.5. The molecule has 0 aliphatic carbocycles. The molecule has 1 aromatic heterocycles. The second-order valence-corrected chi connectivity index (χ2v) is 6.42. The van der Waals surface area contributed by atoms with Crippen molar-refractivity contribution in [2.24, 2.45) is 5.41 Å². The molecular weight excluding hydrogens is 272 g/mol. The van der Waals surface area contributed by atoms with Gasteiger partial charge in [-0.25, -0.2) is 4.68 Å². The number of aliphatic hydroxyl groups is 1. The molecule has 1 aromatic rings. The van der Waals surface area contributed by atoms with Crippen LogP contribution in [-0.2, 0) is 0 Å². The number of hydrogen-bond donors (Lipinski definition) is 2. The topological polar surface area (TPSA) is 93.2 Å². The Balaban J connectivity index is 2.98. The number of hydrogen-bond acceptors (Lipinski definition) is 5. The maximum absolute atomic E-state index is 11.3. The Morgan fingerprint density at radius 3 is 2.57 bits per heavy atom. The van der Waals surface area contributed by atoms with E-state index in [-0.39, 0.29) is 28.7 Å². The van der Waals surface area contributed by atoms with Gasteiger partial charge in [0.2, 0.25) is 5.82 Å². The third-order valence-corrected chi connectivity index (χ3v) is 3.47. The van der Waals surface area contributed by atoms with Gasteiger partial charge in [0.25, 0.3) is 0 Å². The highest BCUT2D eigenvalue weighted by molar-refractivity contribution is 5.59. The molecule has 0 aromatic carbocycles. The van der Waals surface area contributed by atoms with Crippen LogP contribution in [0.4, 0.5) is 11.5 Å². The van der Waals surface area contributed by atoms with Gasteiger partial charge >= 0.3 is 5.69 Å². The van der Waals surface area contributed by atoms with Crippen molar-refractivity contribution in [2.75, 3.05) is 18.5 Å². The molecule has 0 atom stereocenters. The molecule has 7 heteroatoms. The van der Waals surface area contributed by atoms with Gasteiger partial charge in [-0.15, -0.1) is 0 Å². The Morgan fingerprint density at radius 1 is 1.48 bits per heavy atom. The Hall–Kier alpha value is -1.63. The molecule has 0 saturated heterocycles. The van der Waals surface area contributed by atoms with E-state index in [1.807, 2.05) is 13.8 Å². The molecule has 1 rings (SSSR count). The van der Waals surface area contributed by atoms with Gasteiger partial charge in [-0.2, -0.15) is 5.10 Å². The molecule has 0 unspecified atom stereocenters. The maximum atomic E-state index is 11.3. The second kappa shape index (κ2) is 6.89. The van der Waals surface area contributed by atoms with E-state index in [2.05, 4.69) is 24.3 Å². The van der Waals surface area contributed by atoms with Crippen LogP contribution in [0.2, 0.25) is 0 Å². The summed E-state index contributed by atoms with van der Waals surface area (Å²) in [5.41, 5.74) is 0.405. The monoisotopic (exact) mass is 298 g/mol. The first kappa shape index (κ1) is 17.4. The summed E-state index contributed by atoms with van der Waals surface area (Å²) in [5, 5.41) is 27.6. The van der Waals surface area contributed by atoms with E-state index in [4.69, 9.17) is 5.11 Å². The lowest BCUT2D eigenvalue weighted by Crippen LogP contribution is -2.25. The molecule has 0 saturated carbocycles. The quantitative estimate of drug-likeness (QED) is 0.568. The van der Waals surface area contributed by atoms with E-state index >= 15 is 0 Å². The predicted molar refractivity (Wildman–Crippen MR) is 82.6 cm³/mol. The van der Waals surface area contributed by atoms with E-state index in [1.165, 1.54) is 0 Å². The molecule has 0 spiro atoms. The molecule has 0 aliphatic heterocycles. The van der Waals surface area contributed by atoms with Crippen LogP contribution in [0.1, 0.15) is 52.3 Å². The van der Waals surface area contributed by atoms with Crippen LogP contribution >= 0.6 is 0 Å². The first-order chi connectivity index (χ1) is 9.69. The molecule has 0 radical (unpaired) electrons. The average Bonchev–Trinajstić information content (AvgIpc) is 2.71. The molecule has 1 heterocycles. The fourth-order valence-corrected chi connectivity index (χ4v) is 2.26. The third-order valence-electron chi connectivity index (χ3n) is 3.47. The number of nitrogens with zero attached hydrogens (tertiary/aromatic N) is 3. The highest BCUT2D eigenvalue weighted by Gasteiger charge is 2.28. The van der Waals surface area contributed by atoms with Crippen LogP contribution in [0, 0.1) is 22.5 Å². The molecular formula is C14H26N4O3. The first-order valence-electron chi connectivity index (χ1n) is 7.28. The lowest BCUT2D eigenvalue weighted by Gasteiger charge is -2.25. The number of anilines is 1. The minimum Gasteiger partial charge on any atom is -0.396 e. The van der Waals surface area contributed by atoms with Crippen molar-refractivity contribution in [3.8, 4) is 0 Å². The molecule has 120 valence electrons. The van der Waals surface area contributed by atoms with E-state index in [0.29, 0.717) is 18.1 Å². The highest BCUT2D eigenvalue weighted by Crippen LogP contribution is 2.32. The standard InChI is InChI=1S/C14H26N4O3/c1-10(2)17-13(12(18(20)21)11(3)16-17)15-9-14(4,5)7-6-8-19/h10,15,19H,6-9H2,1-5H3. The minimum absolute atomic E-state index is 0.0421. The van der Waals surface area contributed by atoms with Crippen LogP contribution in [0.5, 0.6) is 0 Å². The molecule has 0 amide bonds. The van der Waals surface area contributed by atoms with Crippen LogP contribution in [0.25, 0.3) is 0 Å². The van der Waals surface area contributed by atoms with Crippen LogP contribution in [0.15, 0.2) is 0 Å². The molecule has 0 bridgehead atoms. The number of rotatable bonds is 8. The van der Waals surface area contributed by atoms with Gasteiger partial charge in [0, 0.05) is 19.2 Å². The van der Waals surface area contributed by atoms with Crippen LogP contribution in [-0.4, -0.2) is 33.0 Å². The summed E-state index contributed by atoms with van der Waals surface area (Å²) in [4.78, 5) is 10.9. The third kappa shape index (κ3) is 4.42. The van der Waals surface area contributed by atoms with Gasteiger partial charge in [0.05, 0.1) is 4.92 Å². The van der Waals surface area contributed by atoms with Crippen molar-refractivity contribution in [3.63, 3.8) is 0 Å². The SMILES string of the molecule is Cc1nn(C(C)C)c(NCC(C)(C)CCCO)c1[N+](=O)[O-]. The van der Waals surface area contributed by atoms with Gasteiger partial charge < -0.3 is 10.4 Å². The predicted octanol–water partition coefficient (Wildman–Crippen LogP) is 2.89. The Bertz CT molecular complexity index is 495. The summed E-state index contributed by atoms with van der Waals surface area (Å²) in [5.74, 6) is 0.463. The van der Waals surface area contributed by atoms with Crippen molar-refractivity contribution in [3.05, 3.63) is 15.8 Å². The largest absolute Gasteiger partial charge is 0.396 e. The van der Waals surface area contributed by atoms with Gasteiger partial charge in [0.1, 0.15) is 5.69 Å². The molecule has 0 aliphatic rings. The molecule has 7 nitrogen and oxygen atoms in total. The normalized spacial score (nSPS) is 12.0. The number of aliphatic hydroxyl groups excluding tert-OH is 1. The van der Waals surface area contributed by atoms with Crippen molar-refractivity contribution in [1.82, 2.24) is 9.78 Å². The van der Waals surface area contributed by atoms with Gasteiger partial charge in [-0.3, -0.25) is 10.1 Å². The van der Waals surface area contributed by atoms with E-state index in [0.717, 1.165) is 12.8 Å². The van der Waals surface area contributed by atoms with Crippen molar-refractivity contribution >= 4 is 11.5 Å². The first-order valence-corrected chi connectivity index (χ1v) is 7.28. The smallest absolute Gasteiger partial charge is 0.333 e. The minimum atomic E-state index is -0.385. The van der Waals surface area contributed by atoms with E-state index in [1.54, 1.807) is 11.6 Å². The summed E-state index contributed by atoms with van der Waals surface area (Å²) in [6.07, 6.45) is 1.57. The lowest BCUT2D eigenvalue weighted by molar-refractivity contribution is -0.384. The van der Waals surface area contributed by atoms with E-state index in [9.17, 15) is 10.1 Å². The van der Waals surface area contributed by atoms with Crippen LogP contribution in [0.3, 0.4) is 0 Å². The van der Waals surface area contributed by atoms with Crippen LogP contribution < -0.4 is 5.32 Å². The number of nitrogens with one attached hydrogen (secondary N) is 1. The summed E-state index contributed by atoms with van der Waals surface area (Å²) in [7, 11) is 0.